The fourth-order valence-corrected chi connectivity index (χ4v) is 5.02. The Hall–Kier alpha value is -0.620. The van der Waals surface area contributed by atoms with Crippen LogP contribution in [0.4, 0.5) is 0 Å². The number of aryl methyl sites for hydroxylation is 1. The van der Waals surface area contributed by atoms with Crippen molar-refractivity contribution in [1.29, 1.82) is 0 Å². The molecule has 2 bridgehead atoms. The SMILES string of the molecule is CCCc1nnsc1C(=O)N1C2CCC1CC(SC)C2. The predicted octanol–water partition coefficient (Wildman–Crippen LogP) is 2.99. The third-order valence-corrected chi connectivity index (χ3v) is 6.30. The van der Waals surface area contributed by atoms with E-state index in [1.54, 1.807) is 0 Å². The van der Waals surface area contributed by atoms with Crippen molar-refractivity contribution in [2.24, 2.45) is 0 Å². The molecular formula is C14H21N3OS2. The number of rotatable bonds is 4. The van der Waals surface area contributed by atoms with Gasteiger partial charge in [0.15, 0.2) is 0 Å². The molecule has 2 fully saturated rings. The maximum absolute atomic E-state index is 12.9. The smallest absolute Gasteiger partial charge is 0.268 e. The molecule has 0 radical (unpaired) electrons. The minimum atomic E-state index is 0.190. The highest BCUT2D eigenvalue weighted by atomic mass is 32.2. The number of hydrogen-bond donors (Lipinski definition) is 0. The lowest BCUT2D eigenvalue weighted by Gasteiger charge is -2.38. The molecule has 0 saturated carbocycles. The summed E-state index contributed by atoms with van der Waals surface area (Å²) in [6.45, 7) is 2.11. The zero-order valence-corrected chi connectivity index (χ0v) is 13.7. The lowest BCUT2D eigenvalue weighted by atomic mass is 10.0. The number of thioether (sulfide) groups is 1. The second kappa shape index (κ2) is 6.02. The maximum Gasteiger partial charge on any atom is 0.268 e. The number of nitrogens with zero attached hydrogens (tertiary/aromatic N) is 3. The summed E-state index contributed by atoms with van der Waals surface area (Å²) in [7, 11) is 0. The van der Waals surface area contributed by atoms with Gasteiger partial charge in [0.2, 0.25) is 0 Å². The van der Waals surface area contributed by atoms with Gasteiger partial charge in [-0.15, -0.1) is 5.10 Å². The van der Waals surface area contributed by atoms with E-state index in [1.807, 2.05) is 11.8 Å². The normalized spacial score (nSPS) is 28.9. The second-order valence-corrected chi connectivity index (χ2v) is 7.62. The summed E-state index contributed by atoms with van der Waals surface area (Å²) in [6.07, 6.45) is 8.69. The van der Waals surface area contributed by atoms with Crippen LogP contribution in [0, 0.1) is 0 Å². The Bertz CT molecular complexity index is 477. The molecule has 1 amide bonds. The number of amides is 1. The minimum absolute atomic E-state index is 0.190. The van der Waals surface area contributed by atoms with Crippen molar-refractivity contribution in [2.45, 2.75) is 62.8 Å². The number of piperidine rings is 1. The van der Waals surface area contributed by atoms with Crippen molar-refractivity contribution in [1.82, 2.24) is 14.5 Å². The Labute approximate surface area is 128 Å². The van der Waals surface area contributed by atoms with Gasteiger partial charge in [-0.2, -0.15) is 11.8 Å². The van der Waals surface area contributed by atoms with Gasteiger partial charge in [-0.3, -0.25) is 4.79 Å². The molecule has 1 aromatic rings. The van der Waals surface area contributed by atoms with Crippen LogP contribution in [-0.4, -0.2) is 44.0 Å². The first-order valence-electron chi connectivity index (χ1n) is 7.41. The van der Waals surface area contributed by atoms with E-state index in [9.17, 15) is 4.79 Å². The molecule has 3 rings (SSSR count). The zero-order chi connectivity index (χ0) is 14.1. The van der Waals surface area contributed by atoms with Gasteiger partial charge >= 0.3 is 0 Å². The van der Waals surface area contributed by atoms with Crippen LogP contribution in [0.25, 0.3) is 0 Å². The molecule has 0 N–H and O–H groups in total. The Morgan fingerprint density at radius 3 is 2.70 bits per heavy atom. The van der Waals surface area contributed by atoms with E-state index in [0.29, 0.717) is 12.1 Å². The number of aromatic nitrogens is 2. The molecule has 20 heavy (non-hydrogen) atoms. The highest BCUT2D eigenvalue weighted by molar-refractivity contribution is 7.99. The molecule has 0 aliphatic carbocycles. The van der Waals surface area contributed by atoms with Gasteiger partial charge in [0, 0.05) is 17.3 Å². The van der Waals surface area contributed by atoms with Gasteiger partial charge in [0.05, 0.1) is 5.69 Å². The number of hydrogen-bond acceptors (Lipinski definition) is 5. The molecule has 3 heterocycles. The molecule has 2 aliphatic rings. The first-order valence-corrected chi connectivity index (χ1v) is 9.47. The predicted molar refractivity (Wildman–Crippen MR) is 83.4 cm³/mol. The van der Waals surface area contributed by atoms with Crippen molar-refractivity contribution in [3.8, 4) is 0 Å². The summed E-state index contributed by atoms with van der Waals surface area (Å²) >= 11 is 3.23. The van der Waals surface area contributed by atoms with Crippen LogP contribution in [0.2, 0.25) is 0 Å². The van der Waals surface area contributed by atoms with Gasteiger partial charge in [0.1, 0.15) is 4.88 Å². The van der Waals surface area contributed by atoms with Crippen molar-refractivity contribution >= 4 is 29.2 Å². The van der Waals surface area contributed by atoms with Crippen molar-refractivity contribution in [3.63, 3.8) is 0 Å². The Morgan fingerprint density at radius 2 is 2.10 bits per heavy atom. The summed E-state index contributed by atoms with van der Waals surface area (Å²) in [4.78, 5) is 15.8. The van der Waals surface area contributed by atoms with Crippen LogP contribution in [0.5, 0.6) is 0 Å². The summed E-state index contributed by atoms with van der Waals surface area (Å²) in [6, 6.07) is 0.880. The van der Waals surface area contributed by atoms with Crippen LogP contribution < -0.4 is 0 Å². The third-order valence-electron chi connectivity index (χ3n) is 4.49. The Balaban J connectivity index is 1.79. The monoisotopic (exact) mass is 311 g/mol. The summed E-state index contributed by atoms with van der Waals surface area (Å²) < 4.78 is 4.00. The van der Waals surface area contributed by atoms with E-state index < -0.39 is 0 Å². The van der Waals surface area contributed by atoms with Gasteiger partial charge < -0.3 is 4.90 Å². The topological polar surface area (TPSA) is 46.1 Å². The molecule has 1 aromatic heterocycles. The second-order valence-electron chi connectivity index (χ2n) is 5.73. The van der Waals surface area contributed by atoms with E-state index >= 15 is 0 Å². The molecule has 110 valence electrons. The van der Waals surface area contributed by atoms with Gasteiger partial charge in [-0.25, -0.2) is 0 Å². The van der Waals surface area contributed by atoms with Gasteiger partial charge in [-0.1, -0.05) is 17.8 Å². The zero-order valence-electron chi connectivity index (χ0n) is 12.0. The van der Waals surface area contributed by atoms with E-state index in [2.05, 4.69) is 27.7 Å². The molecule has 2 aliphatic heterocycles. The van der Waals surface area contributed by atoms with Gasteiger partial charge in [0.25, 0.3) is 5.91 Å². The Morgan fingerprint density at radius 1 is 1.40 bits per heavy atom. The quantitative estimate of drug-likeness (QED) is 0.857. The van der Waals surface area contributed by atoms with E-state index in [4.69, 9.17) is 0 Å². The fraction of sp³-hybridized carbons (Fsp3) is 0.786. The third kappa shape index (κ3) is 2.48. The molecule has 2 atom stereocenters. The van der Waals surface area contributed by atoms with Crippen LogP contribution >= 0.6 is 23.3 Å². The van der Waals surface area contributed by atoms with Crippen LogP contribution in [0.15, 0.2) is 0 Å². The van der Waals surface area contributed by atoms with Crippen LogP contribution in [0.1, 0.15) is 54.4 Å². The largest absolute Gasteiger partial charge is 0.332 e. The highest BCUT2D eigenvalue weighted by Gasteiger charge is 2.44. The van der Waals surface area contributed by atoms with Crippen LogP contribution in [0.3, 0.4) is 0 Å². The van der Waals surface area contributed by atoms with Crippen molar-refractivity contribution in [3.05, 3.63) is 10.6 Å². The van der Waals surface area contributed by atoms with E-state index in [0.717, 1.165) is 41.5 Å². The van der Waals surface area contributed by atoms with E-state index in [1.165, 1.54) is 24.4 Å². The highest BCUT2D eigenvalue weighted by Crippen LogP contribution is 2.40. The average Bonchev–Trinajstić information content (AvgIpc) is 3.01. The fourth-order valence-electron chi connectivity index (χ4n) is 3.54. The number of carbonyl (C=O) groups excluding carboxylic acids is 1. The summed E-state index contributed by atoms with van der Waals surface area (Å²) in [5, 5.41) is 4.87. The van der Waals surface area contributed by atoms with Gasteiger partial charge in [-0.05, 0) is 49.9 Å². The van der Waals surface area contributed by atoms with E-state index in [-0.39, 0.29) is 5.91 Å². The molecule has 0 aromatic carbocycles. The Kier molecular flexibility index (Phi) is 4.31. The minimum Gasteiger partial charge on any atom is -0.332 e. The lowest BCUT2D eigenvalue weighted by Crippen LogP contribution is -2.47. The molecule has 4 nitrogen and oxygen atoms in total. The summed E-state index contributed by atoms with van der Waals surface area (Å²) in [5.41, 5.74) is 0.897. The standard InChI is InChI=1S/C14H21N3OS2/c1-3-4-12-13(20-16-15-12)14(18)17-9-5-6-10(17)8-11(7-9)19-2/h9-11H,3-8H2,1-2H3. The molecule has 0 spiro atoms. The summed E-state index contributed by atoms with van der Waals surface area (Å²) in [5.74, 6) is 0.190. The number of carbonyl (C=O) groups is 1. The molecule has 2 saturated heterocycles. The van der Waals surface area contributed by atoms with Crippen molar-refractivity contribution in [2.75, 3.05) is 6.26 Å². The first kappa shape index (κ1) is 14.3. The maximum atomic E-state index is 12.9. The molecule has 6 heteroatoms. The molecule has 2 unspecified atom stereocenters. The molecular weight excluding hydrogens is 290 g/mol. The first-order chi connectivity index (χ1) is 9.74. The van der Waals surface area contributed by atoms with Crippen LogP contribution in [-0.2, 0) is 6.42 Å². The average molecular weight is 311 g/mol. The lowest BCUT2D eigenvalue weighted by molar-refractivity contribution is 0.0605. The van der Waals surface area contributed by atoms with Crippen molar-refractivity contribution < 1.29 is 4.79 Å². The number of fused-ring (bicyclic) bond motifs is 2.